The van der Waals surface area contributed by atoms with Crippen LogP contribution in [0.2, 0.25) is 0 Å². The topological polar surface area (TPSA) is 114 Å². The summed E-state index contributed by atoms with van der Waals surface area (Å²) in [6.45, 7) is 15.4. The molecule has 0 fully saturated rings. The fourth-order valence-electron chi connectivity index (χ4n) is 9.03. The number of carbonyl (C=O) groups excluding carboxylic acids is 2. The molecule has 1 aromatic carbocycles. The predicted molar refractivity (Wildman–Crippen MR) is 278 cm³/mol. The van der Waals surface area contributed by atoms with E-state index in [1.165, 1.54) is 109 Å². The third kappa shape index (κ3) is 33.7. The number of hydrogen-bond donors (Lipinski definition) is 2. The van der Waals surface area contributed by atoms with Crippen LogP contribution < -0.4 is 21.5 Å². The molecular weight excluding hydrogens is 811 g/mol. The Balaban J connectivity index is 2.50. The second kappa shape index (κ2) is 44.1. The van der Waals surface area contributed by atoms with Crippen LogP contribution in [0.1, 0.15) is 279 Å². The van der Waals surface area contributed by atoms with Crippen LogP contribution in [0, 0.1) is 0 Å². The average Bonchev–Trinajstić information content (AvgIpc) is 3.30. The van der Waals surface area contributed by atoms with E-state index in [4.69, 9.17) is 9.47 Å². The van der Waals surface area contributed by atoms with Crippen molar-refractivity contribution in [1.82, 2.24) is 4.90 Å². The molecule has 9 heteroatoms. The lowest BCUT2D eigenvalue weighted by atomic mass is 10.0. The van der Waals surface area contributed by atoms with Crippen molar-refractivity contribution in [3.05, 3.63) is 20.4 Å². The molecule has 380 valence electrons. The molecule has 0 aliphatic rings. The summed E-state index contributed by atoms with van der Waals surface area (Å²) in [6.07, 6.45) is 42.7. The fraction of sp³-hybridized carbons (Fsp3) is 0.893. The number of nitrogens with one attached hydrogen (secondary N) is 2. The van der Waals surface area contributed by atoms with E-state index in [0.717, 1.165) is 142 Å². The van der Waals surface area contributed by atoms with Gasteiger partial charge in [-0.25, -0.2) is 0 Å². The normalized spacial score (nSPS) is 12.1. The number of esters is 2. The molecule has 0 saturated carbocycles. The van der Waals surface area contributed by atoms with Gasteiger partial charge in [-0.2, -0.15) is 0 Å². The number of carbonyl (C=O) groups is 2. The molecule has 0 aromatic heterocycles. The Morgan fingerprint density at radius 2 is 0.708 bits per heavy atom. The summed E-state index contributed by atoms with van der Waals surface area (Å²) in [5.74, 6) is -0.0216. The Kier molecular flexibility index (Phi) is 41.1. The first-order chi connectivity index (χ1) is 31.8. The van der Waals surface area contributed by atoms with Gasteiger partial charge in [0, 0.05) is 25.9 Å². The van der Waals surface area contributed by atoms with Crippen molar-refractivity contribution in [3.8, 4) is 0 Å². The largest absolute Gasteiger partial charge is 0.462 e. The van der Waals surface area contributed by atoms with E-state index in [1.807, 2.05) is 0 Å². The number of hydrogen-bond acceptors (Lipinski definition) is 9. The van der Waals surface area contributed by atoms with Gasteiger partial charge in [-0.05, 0) is 103 Å². The summed E-state index contributed by atoms with van der Waals surface area (Å²) in [4.78, 5) is 52.6. The first-order valence-electron chi connectivity index (χ1n) is 28.2. The molecule has 1 atom stereocenters. The standard InChI is InChI=1S/C56H105N3O6/c1-6-11-15-18-23-30-39-49(38-10-5)64-51(60)42-33-26-21-28-35-46-59(48-37-45-58-54-53(55(62)56(54)63)57-44-14-9-4)47-36-29-22-27-34-43-52(61)65-50(40-31-24-19-16-12-7-2)41-32-25-20-17-13-8-3/h49-50,57-58H,6-48H2,1-5H3. The van der Waals surface area contributed by atoms with Crippen molar-refractivity contribution in [2.75, 3.05) is 43.4 Å². The second-order valence-corrected chi connectivity index (χ2v) is 19.5. The van der Waals surface area contributed by atoms with Gasteiger partial charge in [0.1, 0.15) is 23.6 Å². The van der Waals surface area contributed by atoms with Crippen LogP contribution in [-0.4, -0.2) is 61.8 Å². The van der Waals surface area contributed by atoms with Gasteiger partial charge in [-0.15, -0.1) is 0 Å². The smallest absolute Gasteiger partial charge is 0.306 e. The number of nitrogens with zero attached hydrogens (tertiary/aromatic N) is 1. The van der Waals surface area contributed by atoms with Gasteiger partial charge in [-0.3, -0.25) is 19.2 Å². The lowest BCUT2D eigenvalue weighted by Crippen LogP contribution is -2.38. The highest BCUT2D eigenvalue weighted by Crippen LogP contribution is 2.20. The van der Waals surface area contributed by atoms with E-state index >= 15 is 0 Å². The first kappa shape index (κ1) is 60.6. The lowest BCUT2D eigenvalue weighted by molar-refractivity contribution is -0.151. The molecule has 0 aliphatic carbocycles. The van der Waals surface area contributed by atoms with E-state index in [9.17, 15) is 19.2 Å². The molecule has 0 radical (unpaired) electrons. The van der Waals surface area contributed by atoms with E-state index < -0.39 is 10.9 Å². The van der Waals surface area contributed by atoms with Crippen LogP contribution in [0.5, 0.6) is 0 Å². The third-order valence-corrected chi connectivity index (χ3v) is 13.3. The summed E-state index contributed by atoms with van der Waals surface area (Å²) in [5.41, 5.74) is 0.101. The van der Waals surface area contributed by atoms with E-state index in [2.05, 4.69) is 50.2 Å². The van der Waals surface area contributed by atoms with Crippen LogP contribution in [0.15, 0.2) is 9.59 Å². The Morgan fingerprint density at radius 1 is 0.385 bits per heavy atom. The zero-order valence-corrected chi connectivity index (χ0v) is 43.5. The monoisotopic (exact) mass is 916 g/mol. The highest BCUT2D eigenvalue weighted by Gasteiger charge is 2.20. The number of unbranched alkanes of at least 4 members (excludes halogenated alkanes) is 24. The minimum atomic E-state index is -0.405. The number of ether oxygens (including phenoxy) is 2. The fourth-order valence-corrected chi connectivity index (χ4v) is 9.03. The first-order valence-corrected chi connectivity index (χ1v) is 28.2. The van der Waals surface area contributed by atoms with Gasteiger partial charge < -0.3 is 25.0 Å². The van der Waals surface area contributed by atoms with Crippen molar-refractivity contribution < 1.29 is 19.1 Å². The molecule has 9 nitrogen and oxygen atoms in total. The van der Waals surface area contributed by atoms with Crippen LogP contribution in [0.3, 0.4) is 0 Å². The molecule has 0 spiro atoms. The predicted octanol–water partition coefficient (Wildman–Crippen LogP) is 15.2. The zero-order chi connectivity index (χ0) is 47.4. The average molecular weight is 916 g/mol. The van der Waals surface area contributed by atoms with Crippen molar-refractivity contribution >= 4 is 23.3 Å². The molecule has 0 heterocycles. The minimum Gasteiger partial charge on any atom is -0.462 e. The maximum Gasteiger partial charge on any atom is 0.306 e. The summed E-state index contributed by atoms with van der Waals surface area (Å²) < 4.78 is 12.0. The summed E-state index contributed by atoms with van der Waals surface area (Å²) in [5, 5.41) is 6.42. The maximum atomic E-state index is 12.9. The van der Waals surface area contributed by atoms with Gasteiger partial charge in [0.05, 0.1) is 0 Å². The summed E-state index contributed by atoms with van der Waals surface area (Å²) in [6, 6.07) is 0. The lowest BCUT2D eigenvalue weighted by Gasteiger charge is -2.23. The Bertz CT molecular complexity index is 1300. The van der Waals surface area contributed by atoms with Gasteiger partial charge in [-0.1, -0.05) is 182 Å². The molecule has 2 N–H and O–H groups in total. The van der Waals surface area contributed by atoms with Crippen molar-refractivity contribution in [3.63, 3.8) is 0 Å². The van der Waals surface area contributed by atoms with Crippen LogP contribution >= 0.6 is 0 Å². The van der Waals surface area contributed by atoms with Crippen LogP contribution in [-0.2, 0) is 19.1 Å². The van der Waals surface area contributed by atoms with Crippen LogP contribution in [0.25, 0.3) is 0 Å². The highest BCUT2D eigenvalue weighted by atomic mass is 16.5. The molecular formula is C56H105N3O6. The SMILES string of the molecule is CCCCCCCCC(CCC)OC(=O)CCCCCCCN(CCCCCCCC(=O)OC(CCCCCCCC)CCCCCCCC)CCCNc1c(NCCCC)c(=O)c1=O. The molecule has 1 aromatic rings. The van der Waals surface area contributed by atoms with Gasteiger partial charge >= 0.3 is 11.9 Å². The Morgan fingerprint density at radius 3 is 1.11 bits per heavy atom. The maximum absolute atomic E-state index is 12.9. The minimum absolute atomic E-state index is 0.00121. The molecule has 0 bridgehead atoms. The molecule has 1 unspecified atom stereocenters. The second-order valence-electron chi connectivity index (χ2n) is 19.5. The van der Waals surface area contributed by atoms with E-state index in [-0.39, 0.29) is 24.1 Å². The van der Waals surface area contributed by atoms with E-state index in [0.29, 0.717) is 37.3 Å². The van der Waals surface area contributed by atoms with Crippen molar-refractivity contribution in [2.45, 2.75) is 291 Å². The Labute approximate surface area is 400 Å². The van der Waals surface area contributed by atoms with Crippen molar-refractivity contribution in [1.29, 1.82) is 0 Å². The van der Waals surface area contributed by atoms with Gasteiger partial charge in [0.2, 0.25) is 0 Å². The summed E-state index contributed by atoms with van der Waals surface area (Å²) in [7, 11) is 0. The van der Waals surface area contributed by atoms with Crippen LogP contribution in [0.4, 0.5) is 11.4 Å². The molecule has 1 rings (SSSR count). The quantitative estimate of drug-likeness (QED) is 0.0375. The molecule has 0 aliphatic heterocycles. The van der Waals surface area contributed by atoms with Gasteiger partial charge in [0.25, 0.3) is 10.9 Å². The van der Waals surface area contributed by atoms with Crippen molar-refractivity contribution in [2.24, 2.45) is 0 Å². The molecule has 0 amide bonds. The zero-order valence-electron chi connectivity index (χ0n) is 43.5. The van der Waals surface area contributed by atoms with E-state index in [1.54, 1.807) is 0 Å². The Hall–Kier alpha value is -2.42. The summed E-state index contributed by atoms with van der Waals surface area (Å²) >= 11 is 0. The molecule has 65 heavy (non-hydrogen) atoms. The third-order valence-electron chi connectivity index (χ3n) is 13.3. The number of anilines is 2. The molecule has 0 saturated heterocycles. The highest BCUT2D eigenvalue weighted by molar-refractivity contribution is 5.74. The van der Waals surface area contributed by atoms with Gasteiger partial charge in [0.15, 0.2) is 0 Å². The number of rotatable bonds is 50.